The van der Waals surface area contributed by atoms with Crippen molar-refractivity contribution in [1.82, 2.24) is 0 Å². The summed E-state index contributed by atoms with van der Waals surface area (Å²) in [5.41, 5.74) is 5.89. The number of rotatable bonds is 1. The van der Waals surface area contributed by atoms with Gasteiger partial charge in [-0.25, -0.2) is 4.39 Å². The summed E-state index contributed by atoms with van der Waals surface area (Å²) >= 11 is 0. The molecule has 0 saturated heterocycles. The second kappa shape index (κ2) is 4.98. The van der Waals surface area contributed by atoms with Crippen LogP contribution in [0.2, 0.25) is 0 Å². The normalized spacial score (nSPS) is 25.5. The van der Waals surface area contributed by atoms with E-state index in [2.05, 4.69) is 43.4 Å². The molecule has 1 N–H and O–H groups in total. The average molecular weight is 293 g/mol. The molecule has 1 aliphatic carbocycles. The van der Waals surface area contributed by atoms with Crippen molar-refractivity contribution in [1.29, 1.82) is 0 Å². The highest BCUT2D eigenvalue weighted by Gasteiger charge is 2.39. The van der Waals surface area contributed by atoms with Gasteiger partial charge < -0.3 is 5.32 Å². The second-order valence-electron chi connectivity index (χ2n) is 6.47. The maximum Gasteiger partial charge on any atom is 0.128 e. The Balaban J connectivity index is 1.87. The molecule has 1 heterocycles. The fourth-order valence-corrected chi connectivity index (χ4v) is 3.95. The average Bonchev–Trinajstić information content (AvgIpc) is 3.00. The molecule has 0 amide bonds. The van der Waals surface area contributed by atoms with Crippen LogP contribution in [0.25, 0.3) is 0 Å². The lowest BCUT2D eigenvalue weighted by Crippen LogP contribution is -2.30. The fraction of sp³-hybridized carbons (Fsp3) is 0.300. The minimum Gasteiger partial charge on any atom is -0.377 e. The number of aryl methyl sites for hydroxylation is 1. The number of hydrogen-bond acceptors (Lipinski definition) is 1. The topological polar surface area (TPSA) is 12.0 Å². The van der Waals surface area contributed by atoms with E-state index in [1.807, 2.05) is 12.1 Å². The second-order valence-corrected chi connectivity index (χ2v) is 6.47. The highest BCUT2D eigenvalue weighted by molar-refractivity contribution is 5.65. The van der Waals surface area contributed by atoms with E-state index in [1.54, 1.807) is 12.1 Å². The molecule has 0 spiro atoms. The Morgan fingerprint density at radius 3 is 2.68 bits per heavy atom. The first-order chi connectivity index (χ1) is 10.7. The van der Waals surface area contributed by atoms with Gasteiger partial charge in [0.15, 0.2) is 0 Å². The molecule has 112 valence electrons. The zero-order valence-electron chi connectivity index (χ0n) is 12.9. The molecule has 2 heteroatoms. The maximum atomic E-state index is 14.3. The van der Waals surface area contributed by atoms with Crippen molar-refractivity contribution in [3.8, 4) is 0 Å². The number of allylic oxidation sites excluding steroid dienone is 2. The van der Waals surface area contributed by atoms with Crippen molar-refractivity contribution in [3.63, 3.8) is 0 Å². The van der Waals surface area contributed by atoms with Crippen LogP contribution < -0.4 is 5.32 Å². The molecule has 2 aromatic carbocycles. The monoisotopic (exact) mass is 293 g/mol. The first-order valence-electron chi connectivity index (χ1n) is 7.94. The van der Waals surface area contributed by atoms with E-state index in [-0.39, 0.29) is 11.9 Å². The van der Waals surface area contributed by atoms with Gasteiger partial charge >= 0.3 is 0 Å². The smallest absolute Gasteiger partial charge is 0.128 e. The van der Waals surface area contributed by atoms with Gasteiger partial charge in [0, 0.05) is 17.2 Å². The molecule has 3 atom stereocenters. The van der Waals surface area contributed by atoms with Gasteiger partial charge in [-0.2, -0.15) is 0 Å². The largest absolute Gasteiger partial charge is 0.377 e. The Morgan fingerprint density at radius 2 is 1.86 bits per heavy atom. The third kappa shape index (κ3) is 1.90. The summed E-state index contributed by atoms with van der Waals surface area (Å²) < 4.78 is 14.3. The van der Waals surface area contributed by atoms with Crippen LogP contribution in [-0.4, -0.2) is 0 Å². The van der Waals surface area contributed by atoms with Crippen LogP contribution in [0.5, 0.6) is 0 Å². The molecular weight excluding hydrogens is 273 g/mol. The van der Waals surface area contributed by atoms with E-state index < -0.39 is 0 Å². The highest BCUT2D eigenvalue weighted by atomic mass is 19.1. The van der Waals surface area contributed by atoms with Gasteiger partial charge in [0.1, 0.15) is 5.82 Å². The molecule has 22 heavy (non-hydrogen) atoms. The van der Waals surface area contributed by atoms with Crippen LogP contribution in [0.3, 0.4) is 0 Å². The van der Waals surface area contributed by atoms with Crippen molar-refractivity contribution in [3.05, 3.63) is 76.6 Å². The van der Waals surface area contributed by atoms with Crippen LogP contribution in [0, 0.1) is 25.6 Å². The fourth-order valence-electron chi connectivity index (χ4n) is 3.95. The van der Waals surface area contributed by atoms with Crippen molar-refractivity contribution < 1.29 is 4.39 Å². The van der Waals surface area contributed by atoms with E-state index in [0.29, 0.717) is 11.8 Å². The van der Waals surface area contributed by atoms with E-state index in [4.69, 9.17) is 0 Å². The van der Waals surface area contributed by atoms with Gasteiger partial charge in [-0.05, 0) is 48.9 Å². The molecule has 1 nitrogen and oxygen atoms in total. The molecule has 2 aliphatic rings. The van der Waals surface area contributed by atoms with Crippen LogP contribution in [0.4, 0.5) is 10.1 Å². The molecular formula is C20H20FN. The molecule has 2 aromatic rings. The Bertz CT molecular complexity index is 762. The van der Waals surface area contributed by atoms with E-state index in [9.17, 15) is 4.39 Å². The van der Waals surface area contributed by atoms with Gasteiger partial charge in [-0.1, -0.05) is 42.5 Å². The maximum absolute atomic E-state index is 14.3. The number of anilines is 1. The minimum absolute atomic E-state index is 0.0363. The van der Waals surface area contributed by atoms with Gasteiger partial charge in [0.2, 0.25) is 0 Å². The van der Waals surface area contributed by atoms with Gasteiger partial charge in [-0.3, -0.25) is 0 Å². The van der Waals surface area contributed by atoms with Gasteiger partial charge in [0.25, 0.3) is 0 Å². The molecule has 0 unspecified atom stereocenters. The Kier molecular flexibility index (Phi) is 3.07. The van der Waals surface area contributed by atoms with Gasteiger partial charge in [0.05, 0.1) is 6.04 Å². The van der Waals surface area contributed by atoms with Crippen LogP contribution in [0.1, 0.15) is 40.6 Å². The molecule has 0 aromatic heterocycles. The third-order valence-corrected chi connectivity index (χ3v) is 5.31. The number of benzene rings is 2. The summed E-state index contributed by atoms with van der Waals surface area (Å²) in [5.74, 6) is 0.672. The van der Waals surface area contributed by atoms with E-state index >= 15 is 0 Å². The number of halogens is 1. The number of nitrogens with one attached hydrogen (secondary N) is 1. The van der Waals surface area contributed by atoms with Crippen molar-refractivity contribution in [2.24, 2.45) is 5.92 Å². The predicted octanol–water partition coefficient (Wildman–Crippen LogP) is 5.27. The Morgan fingerprint density at radius 1 is 1.05 bits per heavy atom. The summed E-state index contributed by atoms with van der Waals surface area (Å²) in [6, 6.07) is 11.6. The Labute approximate surface area is 130 Å². The van der Waals surface area contributed by atoms with Crippen LogP contribution in [-0.2, 0) is 0 Å². The van der Waals surface area contributed by atoms with Crippen molar-refractivity contribution in [2.45, 2.75) is 32.2 Å². The summed E-state index contributed by atoms with van der Waals surface area (Å²) in [7, 11) is 0. The van der Waals surface area contributed by atoms with E-state index in [1.165, 1.54) is 22.4 Å². The SMILES string of the molecule is Cc1ccc2c(c1C)N[C@H](c1ccccc1F)[C@H]1CC=C[C@@H]21. The zero-order chi connectivity index (χ0) is 15.3. The first kappa shape index (κ1) is 13.6. The van der Waals surface area contributed by atoms with Crippen LogP contribution in [0.15, 0.2) is 48.6 Å². The molecule has 4 rings (SSSR count). The number of fused-ring (bicyclic) bond motifs is 3. The molecule has 0 radical (unpaired) electrons. The van der Waals surface area contributed by atoms with Crippen molar-refractivity contribution in [2.75, 3.05) is 5.32 Å². The lowest BCUT2D eigenvalue weighted by atomic mass is 9.76. The lowest BCUT2D eigenvalue weighted by Gasteiger charge is -2.38. The predicted molar refractivity (Wildman–Crippen MR) is 88.7 cm³/mol. The summed E-state index contributed by atoms with van der Waals surface area (Å²) in [4.78, 5) is 0. The zero-order valence-corrected chi connectivity index (χ0v) is 12.9. The summed E-state index contributed by atoms with van der Waals surface area (Å²) in [6.07, 6.45) is 5.55. The first-order valence-corrected chi connectivity index (χ1v) is 7.94. The van der Waals surface area contributed by atoms with Crippen molar-refractivity contribution >= 4 is 5.69 Å². The highest BCUT2D eigenvalue weighted by Crippen LogP contribution is 2.51. The molecule has 0 saturated carbocycles. The summed E-state index contributed by atoms with van der Waals surface area (Å²) in [6.45, 7) is 4.28. The Hall–Kier alpha value is -2.09. The molecule has 1 aliphatic heterocycles. The molecule has 0 fully saturated rings. The minimum atomic E-state index is -0.112. The quantitative estimate of drug-likeness (QED) is 0.706. The third-order valence-electron chi connectivity index (χ3n) is 5.31. The summed E-state index contributed by atoms with van der Waals surface area (Å²) in [5, 5.41) is 3.65. The van der Waals surface area contributed by atoms with E-state index in [0.717, 1.165) is 12.0 Å². The van der Waals surface area contributed by atoms with Gasteiger partial charge in [-0.15, -0.1) is 0 Å². The lowest BCUT2D eigenvalue weighted by molar-refractivity contribution is 0.413. The molecule has 0 bridgehead atoms. The number of hydrogen-bond donors (Lipinski definition) is 1. The van der Waals surface area contributed by atoms with Crippen LogP contribution >= 0.6 is 0 Å². The standard InChI is InChI=1S/C20H20FN/c1-12-10-11-16-14-7-5-8-15(14)20(22-19(16)13(12)2)17-6-3-4-9-18(17)21/h3-7,9-11,14-15,20,22H,8H2,1-2H3/t14-,15+,20+/m1/s1.